The smallest absolute Gasteiger partial charge is 0.106 e. The summed E-state index contributed by atoms with van der Waals surface area (Å²) in [6, 6.07) is 7.81. The Morgan fingerprint density at radius 1 is 1.26 bits per heavy atom. The van der Waals surface area contributed by atoms with Gasteiger partial charge in [0.2, 0.25) is 0 Å². The molecule has 0 aliphatic rings. The summed E-state index contributed by atoms with van der Waals surface area (Å²) in [5, 5.41) is 0.740. The zero-order valence-corrected chi connectivity index (χ0v) is 12.0. The van der Waals surface area contributed by atoms with Crippen molar-refractivity contribution in [3.63, 3.8) is 0 Å². The molecule has 0 fully saturated rings. The monoisotopic (exact) mass is 277 g/mol. The normalized spacial score (nSPS) is 10.9. The highest BCUT2D eigenvalue weighted by Crippen LogP contribution is 2.24. The molecule has 0 aliphatic heterocycles. The Hall–Kier alpha value is -1.32. The first-order chi connectivity index (χ1) is 9.20. The number of H-pyrrole nitrogens is 1. The summed E-state index contributed by atoms with van der Waals surface area (Å²) in [7, 11) is 0. The number of imidazole rings is 1. The summed E-state index contributed by atoms with van der Waals surface area (Å²) in [5.74, 6) is 1.05. The molecule has 1 aromatic carbocycles. The average molecular weight is 278 g/mol. The van der Waals surface area contributed by atoms with Crippen molar-refractivity contribution in [2.45, 2.75) is 32.6 Å². The molecule has 0 saturated heterocycles. The minimum absolute atomic E-state index is 0.740. The lowest BCUT2D eigenvalue weighted by Gasteiger charge is -1.98. The number of aryl methyl sites for hydroxylation is 2. The van der Waals surface area contributed by atoms with Gasteiger partial charge in [0.1, 0.15) is 5.82 Å². The first-order valence-electron chi connectivity index (χ1n) is 6.72. The van der Waals surface area contributed by atoms with Crippen LogP contribution >= 0.6 is 11.6 Å². The van der Waals surface area contributed by atoms with Crippen molar-refractivity contribution in [2.24, 2.45) is 5.73 Å². The topological polar surface area (TPSA) is 54.7 Å². The lowest BCUT2D eigenvalue weighted by atomic mass is 10.1. The van der Waals surface area contributed by atoms with Crippen molar-refractivity contribution in [1.29, 1.82) is 0 Å². The van der Waals surface area contributed by atoms with Gasteiger partial charge in [0.15, 0.2) is 0 Å². The van der Waals surface area contributed by atoms with Crippen LogP contribution in [0.1, 0.15) is 30.8 Å². The molecule has 4 heteroatoms. The van der Waals surface area contributed by atoms with Crippen LogP contribution in [0.25, 0.3) is 11.3 Å². The van der Waals surface area contributed by atoms with Gasteiger partial charge in [-0.1, -0.05) is 30.2 Å². The molecule has 2 aromatic rings. The van der Waals surface area contributed by atoms with Crippen LogP contribution in [0.5, 0.6) is 0 Å². The van der Waals surface area contributed by atoms with Crippen LogP contribution < -0.4 is 5.73 Å². The summed E-state index contributed by atoms with van der Waals surface area (Å²) in [4.78, 5) is 8.03. The number of hydrogen-bond acceptors (Lipinski definition) is 2. The highest BCUT2D eigenvalue weighted by molar-refractivity contribution is 6.30. The fourth-order valence-electron chi connectivity index (χ4n) is 2.17. The molecule has 0 saturated carbocycles. The number of rotatable bonds is 6. The van der Waals surface area contributed by atoms with E-state index in [2.05, 4.69) is 9.97 Å². The van der Waals surface area contributed by atoms with Crippen molar-refractivity contribution in [3.05, 3.63) is 40.8 Å². The predicted octanol–water partition coefficient (Wildman–Crippen LogP) is 3.71. The zero-order chi connectivity index (χ0) is 13.7. The van der Waals surface area contributed by atoms with Crippen LogP contribution in [0.2, 0.25) is 5.02 Å². The quantitative estimate of drug-likeness (QED) is 0.791. The lowest BCUT2D eigenvalue weighted by molar-refractivity contribution is 0.672. The first kappa shape index (κ1) is 14.1. The largest absolute Gasteiger partial charge is 0.346 e. The Morgan fingerprint density at radius 3 is 2.84 bits per heavy atom. The van der Waals surface area contributed by atoms with Gasteiger partial charge in [0.25, 0.3) is 0 Å². The minimum Gasteiger partial charge on any atom is -0.346 e. The molecule has 0 spiro atoms. The second-order valence-electron chi connectivity index (χ2n) is 4.77. The van der Waals surface area contributed by atoms with Crippen LogP contribution in [0, 0.1) is 6.92 Å². The number of nitrogens with zero attached hydrogens (tertiary/aromatic N) is 1. The van der Waals surface area contributed by atoms with Crippen LogP contribution in [-0.4, -0.2) is 16.5 Å². The number of unbranched alkanes of at least 4 members (excludes halogenated alkanes) is 2. The molecule has 3 nitrogen and oxygen atoms in total. The number of aromatic amines is 1. The van der Waals surface area contributed by atoms with Gasteiger partial charge in [-0.15, -0.1) is 0 Å². The minimum atomic E-state index is 0.740. The molecule has 0 unspecified atom stereocenters. The van der Waals surface area contributed by atoms with Crippen molar-refractivity contribution in [1.82, 2.24) is 9.97 Å². The van der Waals surface area contributed by atoms with Gasteiger partial charge in [-0.3, -0.25) is 0 Å². The maximum atomic E-state index is 6.02. The van der Waals surface area contributed by atoms with Gasteiger partial charge in [0, 0.05) is 22.7 Å². The van der Waals surface area contributed by atoms with E-state index < -0.39 is 0 Å². The number of benzene rings is 1. The van der Waals surface area contributed by atoms with E-state index in [1.165, 1.54) is 0 Å². The van der Waals surface area contributed by atoms with Crippen molar-refractivity contribution < 1.29 is 0 Å². The van der Waals surface area contributed by atoms with Crippen LogP contribution in [0.4, 0.5) is 0 Å². The third-order valence-corrected chi connectivity index (χ3v) is 3.38. The summed E-state index contributed by atoms with van der Waals surface area (Å²) in [6.45, 7) is 2.82. The molecule has 102 valence electrons. The Labute approximate surface area is 119 Å². The fourth-order valence-corrected chi connectivity index (χ4v) is 2.36. The van der Waals surface area contributed by atoms with Crippen molar-refractivity contribution in [3.8, 4) is 11.3 Å². The predicted molar refractivity (Wildman–Crippen MR) is 80.4 cm³/mol. The number of aromatic nitrogens is 2. The maximum absolute atomic E-state index is 6.02. The molecular weight excluding hydrogens is 258 g/mol. The summed E-state index contributed by atoms with van der Waals surface area (Å²) in [5.41, 5.74) is 8.64. The van der Waals surface area contributed by atoms with Crippen molar-refractivity contribution in [2.75, 3.05) is 6.54 Å². The van der Waals surface area contributed by atoms with Crippen LogP contribution in [-0.2, 0) is 6.42 Å². The third kappa shape index (κ3) is 3.82. The highest BCUT2D eigenvalue weighted by atomic mass is 35.5. The molecule has 0 bridgehead atoms. The number of hydrogen-bond donors (Lipinski definition) is 2. The van der Waals surface area contributed by atoms with Crippen LogP contribution in [0.15, 0.2) is 24.3 Å². The van der Waals surface area contributed by atoms with Gasteiger partial charge in [-0.2, -0.15) is 0 Å². The van der Waals surface area contributed by atoms with E-state index in [1.54, 1.807) is 0 Å². The standard InChI is InChI=1S/C15H20ClN3/c1-11-15(12-6-5-7-13(16)10-12)19-14(18-11)8-3-2-4-9-17/h5-7,10H,2-4,8-9,17H2,1H3,(H,18,19). The number of halogens is 1. The van der Waals surface area contributed by atoms with Gasteiger partial charge in [-0.05, 0) is 38.4 Å². The molecule has 19 heavy (non-hydrogen) atoms. The second kappa shape index (κ2) is 6.73. The molecule has 0 radical (unpaired) electrons. The summed E-state index contributed by atoms with van der Waals surface area (Å²) >= 11 is 6.02. The summed E-state index contributed by atoms with van der Waals surface area (Å²) in [6.07, 6.45) is 4.34. The molecule has 2 rings (SSSR count). The Morgan fingerprint density at radius 2 is 2.11 bits per heavy atom. The van der Waals surface area contributed by atoms with E-state index in [9.17, 15) is 0 Å². The Balaban J connectivity index is 2.08. The number of nitrogens with two attached hydrogens (primary N) is 1. The van der Waals surface area contributed by atoms with E-state index in [1.807, 2.05) is 31.2 Å². The van der Waals surface area contributed by atoms with Gasteiger partial charge < -0.3 is 10.7 Å². The fraction of sp³-hybridized carbons (Fsp3) is 0.400. The molecule has 1 aromatic heterocycles. The van der Waals surface area contributed by atoms with E-state index in [4.69, 9.17) is 17.3 Å². The lowest BCUT2D eigenvalue weighted by Crippen LogP contribution is -1.98. The molecule has 1 heterocycles. The molecule has 3 N–H and O–H groups in total. The van der Waals surface area contributed by atoms with E-state index in [-0.39, 0.29) is 0 Å². The van der Waals surface area contributed by atoms with Gasteiger partial charge in [-0.25, -0.2) is 4.98 Å². The molecule has 0 amide bonds. The second-order valence-corrected chi connectivity index (χ2v) is 5.20. The molecule has 0 atom stereocenters. The SMILES string of the molecule is Cc1[nH]c(CCCCCN)nc1-c1cccc(Cl)c1. The maximum Gasteiger partial charge on any atom is 0.106 e. The average Bonchev–Trinajstić information content (AvgIpc) is 2.76. The first-order valence-corrected chi connectivity index (χ1v) is 7.10. The third-order valence-electron chi connectivity index (χ3n) is 3.15. The van der Waals surface area contributed by atoms with Gasteiger partial charge >= 0.3 is 0 Å². The number of nitrogens with one attached hydrogen (secondary N) is 1. The van der Waals surface area contributed by atoms with E-state index >= 15 is 0 Å². The highest BCUT2D eigenvalue weighted by Gasteiger charge is 2.09. The molecular formula is C15H20ClN3. The zero-order valence-electron chi connectivity index (χ0n) is 11.2. The van der Waals surface area contributed by atoms with E-state index in [0.717, 1.165) is 60.0 Å². The Bertz CT molecular complexity index is 534. The Kier molecular flexibility index (Phi) is 5.00. The van der Waals surface area contributed by atoms with E-state index in [0.29, 0.717) is 0 Å². The summed E-state index contributed by atoms with van der Waals surface area (Å²) < 4.78 is 0. The van der Waals surface area contributed by atoms with Crippen LogP contribution in [0.3, 0.4) is 0 Å². The molecule has 0 aliphatic carbocycles. The van der Waals surface area contributed by atoms with Crippen molar-refractivity contribution >= 4 is 11.6 Å². The van der Waals surface area contributed by atoms with Gasteiger partial charge in [0.05, 0.1) is 5.69 Å².